The third-order valence-electron chi connectivity index (χ3n) is 3.03. The van der Waals surface area contributed by atoms with Gasteiger partial charge in [0.05, 0.1) is 28.3 Å². The Hall–Kier alpha value is -1.08. The molecule has 0 aliphatic carbocycles. The van der Waals surface area contributed by atoms with E-state index in [1.807, 2.05) is 20.2 Å². The number of benzene rings is 1. The second kappa shape index (κ2) is 4.79. The third-order valence-corrected chi connectivity index (χ3v) is 3.94. The third kappa shape index (κ3) is 2.14. The maximum absolute atomic E-state index is 6.04. The number of halogens is 2. The number of rotatable bonds is 2. The Balaban J connectivity index is 2.35. The Kier molecular flexibility index (Phi) is 3.26. The van der Waals surface area contributed by atoms with Gasteiger partial charge in [0.1, 0.15) is 5.82 Å². The highest BCUT2D eigenvalue weighted by molar-refractivity contribution is 14.1. The number of nitrogens with zero attached hydrogens (tertiary/aromatic N) is 4. The van der Waals surface area contributed by atoms with E-state index in [1.54, 1.807) is 4.68 Å². The molecule has 0 saturated heterocycles. The molecule has 0 aliphatic heterocycles. The molecule has 0 aliphatic rings. The Morgan fingerprint density at radius 3 is 2.79 bits per heavy atom. The SMILES string of the molecule is Cc1nn(C)cc1-n1c(CCl)nc2cc(I)ccc21. The molecule has 0 spiro atoms. The minimum absolute atomic E-state index is 0.375. The normalized spacial score (nSPS) is 11.4. The first-order valence-corrected chi connectivity index (χ1v) is 7.45. The summed E-state index contributed by atoms with van der Waals surface area (Å²) in [7, 11) is 1.92. The Morgan fingerprint density at radius 1 is 1.37 bits per heavy atom. The molecule has 3 rings (SSSR count). The van der Waals surface area contributed by atoms with Gasteiger partial charge in [0, 0.05) is 16.8 Å². The standard InChI is InChI=1S/C13H12ClIN4/c1-8-12(7-18(2)17-8)19-11-4-3-9(15)5-10(11)16-13(19)6-14/h3-5,7H,6H2,1-2H3. The van der Waals surface area contributed by atoms with Gasteiger partial charge in [-0.2, -0.15) is 5.10 Å². The summed E-state index contributed by atoms with van der Waals surface area (Å²) in [6, 6.07) is 6.21. The molecule has 0 fully saturated rings. The van der Waals surface area contributed by atoms with Crippen LogP contribution in [-0.4, -0.2) is 19.3 Å². The van der Waals surface area contributed by atoms with Crippen LogP contribution < -0.4 is 0 Å². The van der Waals surface area contributed by atoms with Crippen molar-refractivity contribution in [1.82, 2.24) is 19.3 Å². The van der Waals surface area contributed by atoms with Crippen LogP contribution in [0.2, 0.25) is 0 Å². The molecule has 0 atom stereocenters. The maximum atomic E-state index is 6.04. The van der Waals surface area contributed by atoms with Gasteiger partial charge in [-0.05, 0) is 47.7 Å². The van der Waals surface area contributed by atoms with Crippen LogP contribution in [0.3, 0.4) is 0 Å². The number of alkyl halides is 1. The fourth-order valence-electron chi connectivity index (χ4n) is 2.27. The average Bonchev–Trinajstić information content (AvgIpc) is 2.88. The second-order valence-corrected chi connectivity index (χ2v) is 5.92. The summed E-state index contributed by atoms with van der Waals surface area (Å²) in [6.45, 7) is 1.99. The van der Waals surface area contributed by atoms with Crippen molar-refractivity contribution < 1.29 is 0 Å². The lowest BCUT2D eigenvalue weighted by Gasteiger charge is -2.05. The quantitative estimate of drug-likeness (QED) is 0.500. The average molecular weight is 387 g/mol. The van der Waals surface area contributed by atoms with Crippen LogP contribution >= 0.6 is 34.2 Å². The number of aromatic nitrogens is 4. The summed E-state index contributed by atoms with van der Waals surface area (Å²) < 4.78 is 5.06. The van der Waals surface area contributed by atoms with E-state index in [1.165, 1.54) is 3.57 Å². The first-order valence-electron chi connectivity index (χ1n) is 5.83. The van der Waals surface area contributed by atoms with Gasteiger partial charge in [0.15, 0.2) is 0 Å². The number of fused-ring (bicyclic) bond motifs is 1. The first-order chi connectivity index (χ1) is 9.10. The molecule has 3 aromatic rings. The van der Waals surface area contributed by atoms with Gasteiger partial charge in [0.25, 0.3) is 0 Å². The van der Waals surface area contributed by atoms with Gasteiger partial charge < -0.3 is 0 Å². The fraction of sp³-hybridized carbons (Fsp3) is 0.231. The van der Waals surface area contributed by atoms with Gasteiger partial charge in [-0.1, -0.05) is 0 Å². The van der Waals surface area contributed by atoms with Gasteiger partial charge in [0.2, 0.25) is 0 Å². The van der Waals surface area contributed by atoms with Crippen LogP contribution in [0.25, 0.3) is 16.7 Å². The number of hydrogen-bond acceptors (Lipinski definition) is 2. The van der Waals surface area contributed by atoms with Crippen molar-refractivity contribution in [2.45, 2.75) is 12.8 Å². The largest absolute Gasteiger partial charge is 0.292 e. The zero-order valence-corrected chi connectivity index (χ0v) is 13.5. The maximum Gasteiger partial charge on any atom is 0.129 e. The van der Waals surface area contributed by atoms with Crippen molar-refractivity contribution >= 4 is 45.2 Å². The summed E-state index contributed by atoms with van der Waals surface area (Å²) in [5.41, 5.74) is 4.02. The number of hydrogen-bond donors (Lipinski definition) is 0. The molecular weight excluding hydrogens is 375 g/mol. The van der Waals surface area contributed by atoms with Crippen LogP contribution in [0.1, 0.15) is 11.5 Å². The molecular formula is C13H12ClIN4. The lowest BCUT2D eigenvalue weighted by molar-refractivity contribution is 0.756. The fourth-order valence-corrected chi connectivity index (χ4v) is 2.92. The highest BCUT2D eigenvalue weighted by atomic mass is 127. The molecule has 0 unspecified atom stereocenters. The predicted molar refractivity (Wildman–Crippen MR) is 84.8 cm³/mol. The second-order valence-electron chi connectivity index (χ2n) is 4.40. The van der Waals surface area contributed by atoms with Gasteiger partial charge in [-0.3, -0.25) is 9.25 Å². The minimum Gasteiger partial charge on any atom is -0.292 e. The van der Waals surface area contributed by atoms with Gasteiger partial charge in [-0.15, -0.1) is 11.6 Å². The molecule has 6 heteroatoms. The molecule has 4 nitrogen and oxygen atoms in total. The Morgan fingerprint density at radius 2 is 2.16 bits per heavy atom. The van der Waals surface area contributed by atoms with E-state index in [4.69, 9.17) is 11.6 Å². The van der Waals surface area contributed by atoms with Crippen molar-refractivity contribution in [2.24, 2.45) is 7.05 Å². The molecule has 0 amide bonds. The highest BCUT2D eigenvalue weighted by Crippen LogP contribution is 2.25. The Labute approximate surface area is 129 Å². The highest BCUT2D eigenvalue weighted by Gasteiger charge is 2.15. The minimum atomic E-state index is 0.375. The molecule has 0 N–H and O–H groups in total. The monoisotopic (exact) mass is 386 g/mol. The Bertz CT molecular complexity index is 759. The molecule has 0 radical (unpaired) electrons. The summed E-state index contributed by atoms with van der Waals surface area (Å²) in [6.07, 6.45) is 1.99. The zero-order chi connectivity index (χ0) is 13.6. The lowest BCUT2D eigenvalue weighted by Crippen LogP contribution is -1.99. The lowest BCUT2D eigenvalue weighted by atomic mass is 10.3. The predicted octanol–water partition coefficient (Wildman–Crippen LogP) is 3.41. The van der Waals surface area contributed by atoms with Crippen molar-refractivity contribution in [3.63, 3.8) is 0 Å². The summed E-state index contributed by atoms with van der Waals surface area (Å²) in [5.74, 6) is 1.22. The van der Waals surface area contributed by atoms with Crippen LogP contribution in [0, 0.1) is 10.5 Å². The van der Waals surface area contributed by atoms with Gasteiger partial charge >= 0.3 is 0 Å². The van der Waals surface area contributed by atoms with E-state index >= 15 is 0 Å². The van der Waals surface area contributed by atoms with Crippen molar-refractivity contribution in [3.05, 3.63) is 39.5 Å². The van der Waals surface area contributed by atoms with Crippen LogP contribution in [0.15, 0.2) is 24.4 Å². The van der Waals surface area contributed by atoms with Crippen molar-refractivity contribution in [2.75, 3.05) is 0 Å². The summed E-state index contributed by atoms with van der Waals surface area (Å²) >= 11 is 8.33. The topological polar surface area (TPSA) is 35.6 Å². The number of aryl methyl sites for hydroxylation is 2. The number of imidazole rings is 1. The molecule has 0 bridgehead atoms. The molecule has 19 heavy (non-hydrogen) atoms. The van der Waals surface area contributed by atoms with Gasteiger partial charge in [-0.25, -0.2) is 4.98 Å². The first kappa shape index (κ1) is 12.9. The van der Waals surface area contributed by atoms with Crippen LogP contribution in [0.4, 0.5) is 0 Å². The zero-order valence-electron chi connectivity index (χ0n) is 10.6. The molecule has 98 valence electrons. The molecule has 2 heterocycles. The van der Waals surface area contributed by atoms with E-state index < -0.39 is 0 Å². The van der Waals surface area contributed by atoms with E-state index in [2.05, 4.69) is 55.4 Å². The smallest absolute Gasteiger partial charge is 0.129 e. The van der Waals surface area contributed by atoms with E-state index in [9.17, 15) is 0 Å². The van der Waals surface area contributed by atoms with E-state index in [0.29, 0.717) is 5.88 Å². The van der Waals surface area contributed by atoms with Crippen molar-refractivity contribution in [3.8, 4) is 5.69 Å². The summed E-state index contributed by atoms with van der Waals surface area (Å²) in [4.78, 5) is 4.61. The van der Waals surface area contributed by atoms with Crippen LogP contribution in [-0.2, 0) is 12.9 Å². The van der Waals surface area contributed by atoms with E-state index in [0.717, 1.165) is 28.2 Å². The summed E-state index contributed by atoms with van der Waals surface area (Å²) in [5, 5.41) is 4.39. The van der Waals surface area contributed by atoms with E-state index in [-0.39, 0.29) is 0 Å². The van der Waals surface area contributed by atoms with Crippen LogP contribution in [0.5, 0.6) is 0 Å². The molecule has 2 aromatic heterocycles. The molecule has 0 saturated carbocycles. The molecule has 1 aromatic carbocycles. The van der Waals surface area contributed by atoms with Crippen molar-refractivity contribution in [1.29, 1.82) is 0 Å².